The number of ether oxygens (including phenoxy) is 1. The predicted octanol–water partition coefficient (Wildman–Crippen LogP) is 1.79. The monoisotopic (exact) mass is 271 g/mol. The van der Waals surface area contributed by atoms with Crippen LogP contribution >= 0.6 is 0 Å². The van der Waals surface area contributed by atoms with Gasteiger partial charge >= 0.3 is 0 Å². The quantitative estimate of drug-likeness (QED) is 0.917. The minimum Gasteiger partial charge on any atom is -0.494 e. The van der Waals surface area contributed by atoms with Gasteiger partial charge in [-0.3, -0.25) is 0 Å². The maximum atomic E-state index is 9.29. The minimum atomic E-state index is 0.312. The summed E-state index contributed by atoms with van der Waals surface area (Å²) in [4.78, 5) is 1.88. The first-order valence-corrected chi connectivity index (χ1v) is 6.27. The van der Waals surface area contributed by atoms with Gasteiger partial charge in [-0.15, -0.1) is 5.10 Å². The summed E-state index contributed by atoms with van der Waals surface area (Å²) in [5.41, 5.74) is 7.14. The molecular weight excluding hydrogens is 254 g/mol. The van der Waals surface area contributed by atoms with Crippen molar-refractivity contribution in [1.82, 2.24) is 9.78 Å². The van der Waals surface area contributed by atoms with Crippen molar-refractivity contribution in [3.63, 3.8) is 0 Å². The third-order valence-electron chi connectivity index (χ3n) is 3.16. The van der Waals surface area contributed by atoms with Crippen LogP contribution in [0, 0.1) is 11.3 Å². The van der Waals surface area contributed by atoms with E-state index in [-0.39, 0.29) is 0 Å². The van der Waals surface area contributed by atoms with Crippen molar-refractivity contribution in [3.8, 4) is 17.5 Å². The SMILES string of the molecule is CCN(C)c1nn(-c2ccccc2OC)c(N)c1C#N. The number of nitrogen functional groups attached to an aromatic ring is 1. The van der Waals surface area contributed by atoms with Crippen molar-refractivity contribution in [2.75, 3.05) is 31.3 Å². The number of nitrogens with two attached hydrogens (primary N) is 1. The summed E-state index contributed by atoms with van der Waals surface area (Å²) in [6.07, 6.45) is 0. The smallest absolute Gasteiger partial charge is 0.171 e. The van der Waals surface area contributed by atoms with Gasteiger partial charge in [-0.2, -0.15) is 5.26 Å². The Kier molecular flexibility index (Phi) is 3.80. The highest BCUT2D eigenvalue weighted by atomic mass is 16.5. The molecule has 0 saturated heterocycles. The number of hydrogen-bond acceptors (Lipinski definition) is 5. The van der Waals surface area contributed by atoms with Crippen LogP contribution in [0.3, 0.4) is 0 Å². The van der Waals surface area contributed by atoms with E-state index in [1.54, 1.807) is 11.8 Å². The Morgan fingerprint density at radius 1 is 1.45 bits per heavy atom. The van der Waals surface area contributed by atoms with Crippen molar-refractivity contribution in [2.45, 2.75) is 6.92 Å². The number of anilines is 2. The number of nitrogens with zero attached hydrogens (tertiary/aromatic N) is 4. The number of methoxy groups -OCH3 is 1. The number of nitriles is 1. The third kappa shape index (κ3) is 2.14. The molecule has 0 amide bonds. The number of aromatic nitrogens is 2. The summed E-state index contributed by atoms with van der Waals surface area (Å²) in [6.45, 7) is 2.72. The van der Waals surface area contributed by atoms with Gasteiger partial charge < -0.3 is 15.4 Å². The van der Waals surface area contributed by atoms with Crippen LogP contribution in [0.1, 0.15) is 12.5 Å². The van der Waals surface area contributed by atoms with Gasteiger partial charge in [0.05, 0.1) is 7.11 Å². The molecule has 0 radical (unpaired) electrons. The zero-order valence-corrected chi connectivity index (χ0v) is 11.8. The van der Waals surface area contributed by atoms with E-state index in [2.05, 4.69) is 11.2 Å². The fourth-order valence-electron chi connectivity index (χ4n) is 1.93. The van der Waals surface area contributed by atoms with E-state index < -0.39 is 0 Å². The highest BCUT2D eigenvalue weighted by Crippen LogP contribution is 2.30. The average molecular weight is 271 g/mol. The topological polar surface area (TPSA) is 80.1 Å². The molecule has 0 atom stereocenters. The fourth-order valence-corrected chi connectivity index (χ4v) is 1.93. The summed E-state index contributed by atoms with van der Waals surface area (Å²) in [7, 11) is 3.46. The van der Waals surface area contributed by atoms with Gasteiger partial charge in [0.2, 0.25) is 0 Å². The summed E-state index contributed by atoms with van der Waals surface area (Å²) in [6, 6.07) is 9.52. The molecule has 2 rings (SSSR count). The zero-order valence-electron chi connectivity index (χ0n) is 11.8. The molecule has 2 aromatic rings. The summed E-state index contributed by atoms with van der Waals surface area (Å²) in [5, 5.41) is 13.7. The second-order valence-electron chi connectivity index (χ2n) is 4.29. The second kappa shape index (κ2) is 5.53. The first kappa shape index (κ1) is 13.7. The maximum absolute atomic E-state index is 9.29. The molecule has 104 valence electrons. The van der Waals surface area contributed by atoms with Crippen molar-refractivity contribution < 1.29 is 4.74 Å². The molecule has 6 nitrogen and oxygen atoms in total. The lowest BCUT2D eigenvalue weighted by atomic mass is 10.3. The predicted molar refractivity (Wildman–Crippen MR) is 78.2 cm³/mol. The highest BCUT2D eigenvalue weighted by Gasteiger charge is 2.20. The molecule has 1 aromatic heterocycles. The molecule has 0 aliphatic carbocycles. The molecule has 0 spiro atoms. The number of para-hydroxylation sites is 2. The maximum Gasteiger partial charge on any atom is 0.171 e. The Morgan fingerprint density at radius 3 is 2.75 bits per heavy atom. The van der Waals surface area contributed by atoms with Crippen molar-refractivity contribution in [2.24, 2.45) is 0 Å². The van der Waals surface area contributed by atoms with Gasteiger partial charge in [0.15, 0.2) is 5.82 Å². The van der Waals surface area contributed by atoms with E-state index in [4.69, 9.17) is 10.5 Å². The summed E-state index contributed by atoms with van der Waals surface area (Å²) in [5.74, 6) is 1.53. The molecule has 6 heteroatoms. The van der Waals surface area contributed by atoms with Crippen molar-refractivity contribution >= 4 is 11.6 Å². The van der Waals surface area contributed by atoms with Gasteiger partial charge in [-0.25, -0.2) is 4.68 Å². The van der Waals surface area contributed by atoms with Gasteiger partial charge in [0, 0.05) is 13.6 Å². The molecule has 0 saturated carbocycles. The Bertz CT molecular complexity index is 656. The summed E-state index contributed by atoms with van der Waals surface area (Å²) < 4.78 is 6.85. The van der Waals surface area contributed by atoms with Gasteiger partial charge in [0.1, 0.15) is 28.9 Å². The molecule has 0 aliphatic rings. The van der Waals surface area contributed by atoms with Crippen LogP contribution < -0.4 is 15.4 Å². The third-order valence-corrected chi connectivity index (χ3v) is 3.16. The lowest BCUT2D eigenvalue weighted by molar-refractivity contribution is 0.412. The second-order valence-corrected chi connectivity index (χ2v) is 4.29. The minimum absolute atomic E-state index is 0.312. The molecule has 2 N–H and O–H groups in total. The van der Waals surface area contributed by atoms with Gasteiger partial charge in [-0.1, -0.05) is 12.1 Å². The van der Waals surface area contributed by atoms with Crippen LogP contribution in [-0.4, -0.2) is 30.5 Å². The molecule has 0 bridgehead atoms. The van der Waals surface area contributed by atoms with Crippen LogP contribution in [0.15, 0.2) is 24.3 Å². The molecule has 0 unspecified atom stereocenters. The van der Waals surface area contributed by atoms with E-state index in [1.165, 1.54) is 0 Å². The molecular formula is C14H17N5O. The van der Waals surface area contributed by atoms with Gasteiger partial charge in [0.25, 0.3) is 0 Å². The van der Waals surface area contributed by atoms with Crippen LogP contribution in [0.25, 0.3) is 5.69 Å². The molecule has 0 fully saturated rings. The lowest BCUT2D eigenvalue weighted by Crippen LogP contribution is -2.17. The van der Waals surface area contributed by atoms with Crippen LogP contribution in [0.4, 0.5) is 11.6 Å². The van der Waals surface area contributed by atoms with E-state index in [0.717, 1.165) is 6.54 Å². The average Bonchev–Trinajstić information content (AvgIpc) is 2.82. The largest absolute Gasteiger partial charge is 0.494 e. The number of hydrogen-bond donors (Lipinski definition) is 1. The van der Waals surface area contributed by atoms with Crippen LogP contribution in [0.2, 0.25) is 0 Å². The summed E-state index contributed by atoms with van der Waals surface area (Å²) >= 11 is 0. The Labute approximate surface area is 118 Å². The van der Waals surface area contributed by atoms with Crippen LogP contribution in [0.5, 0.6) is 5.75 Å². The van der Waals surface area contributed by atoms with E-state index in [1.807, 2.05) is 43.1 Å². The van der Waals surface area contributed by atoms with Crippen molar-refractivity contribution in [1.29, 1.82) is 5.26 Å². The zero-order chi connectivity index (χ0) is 14.7. The van der Waals surface area contributed by atoms with E-state index in [9.17, 15) is 5.26 Å². The fraction of sp³-hybridized carbons (Fsp3) is 0.286. The lowest BCUT2D eigenvalue weighted by Gasteiger charge is -2.13. The number of benzene rings is 1. The number of rotatable bonds is 4. The highest BCUT2D eigenvalue weighted by molar-refractivity contribution is 5.68. The first-order chi connectivity index (χ1) is 9.63. The molecule has 0 aliphatic heterocycles. The van der Waals surface area contributed by atoms with Crippen molar-refractivity contribution in [3.05, 3.63) is 29.8 Å². The van der Waals surface area contributed by atoms with E-state index in [0.29, 0.717) is 28.6 Å². The Morgan fingerprint density at radius 2 is 2.15 bits per heavy atom. The standard InChI is InChI=1S/C14H17N5O/c1-4-18(2)14-10(9-15)13(16)19(17-14)11-7-5-6-8-12(11)20-3/h5-8H,4,16H2,1-3H3. The molecule has 20 heavy (non-hydrogen) atoms. The Balaban J connectivity index is 2.64. The molecule has 1 aromatic carbocycles. The molecule has 1 heterocycles. The normalized spacial score (nSPS) is 10.1. The first-order valence-electron chi connectivity index (χ1n) is 6.27. The van der Waals surface area contributed by atoms with Crippen LogP contribution in [-0.2, 0) is 0 Å². The van der Waals surface area contributed by atoms with Gasteiger partial charge in [-0.05, 0) is 19.1 Å². The Hall–Kier alpha value is -2.68. The van der Waals surface area contributed by atoms with E-state index >= 15 is 0 Å².